The largest absolute Gasteiger partial charge is 0.416 e. The van der Waals surface area contributed by atoms with Gasteiger partial charge in [0.15, 0.2) is 0 Å². The smallest absolute Gasteiger partial charge is 0.347 e. The number of alkyl halides is 3. The number of hydrogen-bond donors (Lipinski definition) is 1. The maximum absolute atomic E-state index is 13.3. The molecule has 9 heteroatoms. The van der Waals surface area contributed by atoms with E-state index in [-0.39, 0.29) is 29.3 Å². The lowest BCUT2D eigenvalue weighted by molar-refractivity contribution is -0.138. The second-order valence-electron chi connectivity index (χ2n) is 9.62. The molecule has 2 amide bonds. The van der Waals surface area contributed by atoms with Crippen molar-refractivity contribution in [1.29, 1.82) is 0 Å². The van der Waals surface area contributed by atoms with Gasteiger partial charge in [-0.3, -0.25) is 14.5 Å². The van der Waals surface area contributed by atoms with Crippen molar-refractivity contribution in [2.75, 3.05) is 26.2 Å². The van der Waals surface area contributed by atoms with Crippen LogP contribution in [0.3, 0.4) is 0 Å². The maximum Gasteiger partial charge on any atom is 0.416 e. The molecule has 5 nitrogen and oxygen atoms in total. The summed E-state index contributed by atoms with van der Waals surface area (Å²) in [4.78, 5) is 31.6. The van der Waals surface area contributed by atoms with Crippen LogP contribution < -0.4 is 5.32 Å². The maximum atomic E-state index is 13.3. The fourth-order valence-corrected chi connectivity index (χ4v) is 5.91. The van der Waals surface area contributed by atoms with E-state index in [2.05, 4.69) is 10.2 Å². The molecule has 2 heterocycles. The molecule has 0 spiro atoms. The lowest BCUT2D eigenvalue weighted by Crippen LogP contribution is -2.51. The number of carbonyl (C=O) groups is 2. The van der Waals surface area contributed by atoms with Gasteiger partial charge >= 0.3 is 6.18 Å². The van der Waals surface area contributed by atoms with Gasteiger partial charge in [-0.05, 0) is 42.2 Å². The van der Waals surface area contributed by atoms with Gasteiger partial charge in [0.25, 0.3) is 5.91 Å². The van der Waals surface area contributed by atoms with Crippen molar-refractivity contribution >= 4 is 23.2 Å². The molecule has 1 saturated carbocycles. The van der Waals surface area contributed by atoms with Crippen LogP contribution in [-0.4, -0.2) is 47.8 Å². The third-order valence-corrected chi connectivity index (χ3v) is 8.24. The SMILES string of the molecule is O=C(NCc1ccccc1C(F)(F)F)c1ccc(CN2CCN(C(=O)C3(c4ccccc4)CC3)CC2)s1. The fourth-order valence-electron chi connectivity index (χ4n) is 4.94. The number of halogens is 3. The molecule has 0 atom stereocenters. The molecule has 5 rings (SSSR count). The Morgan fingerprint density at radius 2 is 1.57 bits per heavy atom. The van der Waals surface area contributed by atoms with Crippen LogP contribution in [0.2, 0.25) is 0 Å². The van der Waals surface area contributed by atoms with E-state index in [1.807, 2.05) is 41.3 Å². The van der Waals surface area contributed by atoms with E-state index in [9.17, 15) is 22.8 Å². The summed E-state index contributed by atoms with van der Waals surface area (Å²) in [6.45, 7) is 3.33. The van der Waals surface area contributed by atoms with Crippen LogP contribution in [-0.2, 0) is 29.5 Å². The van der Waals surface area contributed by atoms with Crippen molar-refractivity contribution in [3.05, 3.63) is 93.2 Å². The predicted molar refractivity (Wildman–Crippen MR) is 136 cm³/mol. The Hall–Kier alpha value is -3.17. The molecule has 1 aliphatic heterocycles. The number of piperazine rings is 1. The average Bonchev–Trinajstić information content (AvgIpc) is 3.59. The van der Waals surface area contributed by atoms with E-state index < -0.39 is 11.7 Å². The van der Waals surface area contributed by atoms with Crippen LogP contribution in [0.15, 0.2) is 66.7 Å². The van der Waals surface area contributed by atoms with Crippen LogP contribution in [0.25, 0.3) is 0 Å². The molecular weight excluding hydrogens is 499 g/mol. The average molecular weight is 528 g/mol. The summed E-state index contributed by atoms with van der Waals surface area (Å²) in [7, 11) is 0. The topological polar surface area (TPSA) is 52.7 Å². The number of nitrogens with one attached hydrogen (secondary N) is 1. The quantitative estimate of drug-likeness (QED) is 0.467. The number of thiophene rings is 1. The molecule has 1 aromatic heterocycles. The van der Waals surface area contributed by atoms with Crippen LogP contribution in [0.5, 0.6) is 0 Å². The zero-order valence-corrected chi connectivity index (χ0v) is 21.1. The summed E-state index contributed by atoms with van der Waals surface area (Å²) in [5, 5.41) is 2.61. The van der Waals surface area contributed by atoms with Gasteiger partial charge in [0.05, 0.1) is 15.9 Å². The number of rotatable bonds is 7. The Morgan fingerprint density at radius 1 is 0.892 bits per heavy atom. The molecule has 0 radical (unpaired) electrons. The lowest BCUT2D eigenvalue weighted by atomic mass is 9.94. The third kappa shape index (κ3) is 5.57. The highest BCUT2D eigenvalue weighted by Crippen LogP contribution is 2.49. The van der Waals surface area contributed by atoms with Gasteiger partial charge in [-0.1, -0.05) is 48.5 Å². The number of carbonyl (C=O) groups excluding carboxylic acids is 2. The first kappa shape index (κ1) is 25.5. The number of amides is 2. The first-order valence-electron chi connectivity index (χ1n) is 12.4. The number of hydrogen-bond acceptors (Lipinski definition) is 4. The van der Waals surface area contributed by atoms with E-state index in [4.69, 9.17) is 0 Å². The summed E-state index contributed by atoms with van der Waals surface area (Å²) in [5.41, 5.74) is 0.0535. The van der Waals surface area contributed by atoms with E-state index >= 15 is 0 Å². The van der Waals surface area contributed by atoms with Gasteiger partial charge in [-0.25, -0.2) is 0 Å². The summed E-state index contributed by atoms with van der Waals surface area (Å²) >= 11 is 1.34. The van der Waals surface area contributed by atoms with Crippen LogP contribution >= 0.6 is 11.3 Å². The molecule has 1 N–H and O–H groups in total. The minimum absolute atomic E-state index is 0.0350. The molecule has 2 aliphatic rings. The number of nitrogens with zero attached hydrogens (tertiary/aromatic N) is 2. The molecule has 1 aliphatic carbocycles. The van der Waals surface area contributed by atoms with Gasteiger partial charge in [0, 0.05) is 44.1 Å². The summed E-state index contributed by atoms with van der Waals surface area (Å²) in [5.74, 6) is -0.167. The van der Waals surface area contributed by atoms with Gasteiger partial charge in [0.2, 0.25) is 5.91 Å². The minimum atomic E-state index is -4.47. The Labute approximate surface area is 217 Å². The first-order valence-corrected chi connectivity index (χ1v) is 13.2. The van der Waals surface area contributed by atoms with Crippen molar-refractivity contribution < 1.29 is 22.8 Å². The summed E-state index contributed by atoms with van der Waals surface area (Å²) in [6.07, 6.45) is -2.66. The molecular formula is C28H28F3N3O2S. The van der Waals surface area contributed by atoms with Crippen LogP contribution in [0.4, 0.5) is 13.2 Å². The summed E-state index contributed by atoms with van der Waals surface area (Å²) < 4.78 is 39.6. The normalized spacial score (nSPS) is 17.4. The monoisotopic (exact) mass is 527 g/mol. The molecule has 0 bridgehead atoms. The molecule has 3 aromatic rings. The van der Waals surface area contributed by atoms with Crippen LogP contribution in [0, 0.1) is 0 Å². The molecule has 194 valence electrons. The summed E-state index contributed by atoms with van der Waals surface area (Å²) in [6, 6.07) is 18.9. The second kappa shape index (κ2) is 10.3. The van der Waals surface area contributed by atoms with Gasteiger partial charge in [-0.15, -0.1) is 11.3 Å². The highest BCUT2D eigenvalue weighted by Gasteiger charge is 2.53. The van der Waals surface area contributed by atoms with E-state index in [0.29, 0.717) is 24.5 Å². The Balaban J connectivity index is 1.12. The Bertz CT molecular complexity index is 1260. The van der Waals surface area contributed by atoms with Crippen molar-refractivity contribution in [2.24, 2.45) is 0 Å². The molecule has 2 aromatic carbocycles. The van der Waals surface area contributed by atoms with E-state index in [1.165, 1.54) is 29.5 Å². The van der Waals surface area contributed by atoms with Crippen molar-refractivity contribution in [2.45, 2.75) is 37.5 Å². The van der Waals surface area contributed by atoms with E-state index in [1.54, 1.807) is 6.07 Å². The standard InChI is InChI=1S/C28H28F3N3O2S/c29-28(30,31)23-9-5-4-6-20(23)18-32-25(35)24-11-10-22(37-24)19-33-14-16-34(17-15-33)26(36)27(12-13-27)21-7-2-1-3-8-21/h1-11H,12-19H2,(H,32,35). The van der Waals surface area contributed by atoms with Crippen LogP contribution in [0.1, 0.15) is 44.1 Å². The molecule has 1 saturated heterocycles. The van der Waals surface area contributed by atoms with Crippen molar-refractivity contribution in [1.82, 2.24) is 15.1 Å². The lowest BCUT2D eigenvalue weighted by Gasteiger charge is -2.36. The van der Waals surface area contributed by atoms with E-state index in [0.717, 1.165) is 42.4 Å². The Kier molecular flexibility index (Phi) is 7.09. The highest BCUT2D eigenvalue weighted by atomic mass is 32.1. The zero-order valence-electron chi connectivity index (χ0n) is 20.3. The zero-order chi connectivity index (χ0) is 26.0. The predicted octanol–water partition coefficient (Wildman–Crippen LogP) is 5.07. The highest BCUT2D eigenvalue weighted by molar-refractivity contribution is 7.14. The van der Waals surface area contributed by atoms with Gasteiger partial charge in [-0.2, -0.15) is 13.2 Å². The van der Waals surface area contributed by atoms with Gasteiger partial charge < -0.3 is 10.2 Å². The van der Waals surface area contributed by atoms with Gasteiger partial charge in [0.1, 0.15) is 0 Å². The third-order valence-electron chi connectivity index (χ3n) is 7.17. The molecule has 2 fully saturated rings. The Morgan fingerprint density at radius 3 is 2.24 bits per heavy atom. The first-order chi connectivity index (χ1) is 17.8. The van der Waals surface area contributed by atoms with Crippen molar-refractivity contribution in [3.8, 4) is 0 Å². The van der Waals surface area contributed by atoms with Crippen molar-refractivity contribution in [3.63, 3.8) is 0 Å². The number of benzene rings is 2. The fraction of sp³-hybridized carbons (Fsp3) is 0.357. The molecule has 37 heavy (non-hydrogen) atoms. The second-order valence-corrected chi connectivity index (χ2v) is 10.8. The minimum Gasteiger partial charge on any atom is -0.347 e. The molecule has 0 unspecified atom stereocenters.